The van der Waals surface area contributed by atoms with Gasteiger partial charge in [-0.25, -0.2) is 4.79 Å². The molecule has 1 heterocycles. The third kappa shape index (κ3) is 1.68. The number of ether oxygens (including phenoxy) is 1. The van der Waals surface area contributed by atoms with Crippen molar-refractivity contribution in [2.75, 3.05) is 0 Å². The Bertz CT molecular complexity index is 171. The van der Waals surface area contributed by atoms with Crippen molar-refractivity contribution in [2.45, 2.75) is 25.0 Å². The molecule has 5 nitrogen and oxygen atoms in total. The predicted molar refractivity (Wildman–Crippen MR) is 34.7 cm³/mol. The number of aliphatic carboxylic acids is 1. The van der Waals surface area contributed by atoms with E-state index in [1.165, 1.54) is 0 Å². The van der Waals surface area contributed by atoms with E-state index in [-0.39, 0.29) is 0 Å². The number of carbonyl (C=O) groups is 2. The second kappa shape index (κ2) is 2.87. The minimum absolute atomic E-state index is 0.364. The van der Waals surface area contributed by atoms with Crippen LogP contribution in [0.25, 0.3) is 0 Å². The first-order valence-electron chi connectivity index (χ1n) is 3.29. The van der Waals surface area contributed by atoms with Gasteiger partial charge in [-0.1, -0.05) is 0 Å². The number of amides is 1. The minimum Gasteiger partial charge on any atom is -0.479 e. The van der Waals surface area contributed by atoms with Crippen LogP contribution < -0.4 is 5.73 Å². The summed E-state index contributed by atoms with van der Waals surface area (Å²) in [5.74, 6) is -1.62. The molecule has 1 saturated heterocycles. The molecule has 2 atom stereocenters. The van der Waals surface area contributed by atoms with Gasteiger partial charge in [0.1, 0.15) is 6.10 Å². The monoisotopic (exact) mass is 159 g/mol. The van der Waals surface area contributed by atoms with Crippen molar-refractivity contribution in [3.63, 3.8) is 0 Å². The standard InChI is InChI=1S/C6H9NO4/c7-5(8)3-1-2-4(11-3)6(9)10/h3-4H,1-2H2,(H2,7,8)(H,9,10)/t3-,4+/m1/s1. The number of nitrogens with two attached hydrogens (primary N) is 1. The van der Waals surface area contributed by atoms with Gasteiger partial charge >= 0.3 is 5.97 Å². The fourth-order valence-electron chi connectivity index (χ4n) is 1.03. The predicted octanol–water partition coefficient (Wildman–Crippen LogP) is -0.896. The van der Waals surface area contributed by atoms with E-state index in [1.54, 1.807) is 0 Å². The summed E-state index contributed by atoms with van der Waals surface area (Å²) >= 11 is 0. The van der Waals surface area contributed by atoms with Crippen LogP contribution in [-0.4, -0.2) is 29.2 Å². The third-order valence-corrected chi connectivity index (χ3v) is 1.61. The lowest BCUT2D eigenvalue weighted by molar-refractivity contribution is -0.151. The van der Waals surface area contributed by atoms with Crippen molar-refractivity contribution in [3.8, 4) is 0 Å². The SMILES string of the molecule is NC(=O)[C@H]1CC[C@@H](C(=O)O)O1. The van der Waals surface area contributed by atoms with Gasteiger partial charge < -0.3 is 15.6 Å². The molecule has 0 spiro atoms. The number of hydrogen-bond donors (Lipinski definition) is 2. The molecule has 0 aromatic heterocycles. The Hall–Kier alpha value is -1.10. The zero-order chi connectivity index (χ0) is 8.43. The zero-order valence-corrected chi connectivity index (χ0v) is 5.82. The summed E-state index contributed by atoms with van der Waals surface area (Å²) < 4.78 is 4.81. The highest BCUT2D eigenvalue weighted by Crippen LogP contribution is 2.19. The van der Waals surface area contributed by atoms with Gasteiger partial charge in [-0.3, -0.25) is 4.79 Å². The largest absolute Gasteiger partial charge is 0.479 e. The lowest BCUT2D eigenvalue weighted by atomic mass is 10.2. The van der Waals surface area contributed by atoms with E-state index >= 15 is 0 Å². The maximum atomic E-state index is 10.5. The highest BCUT2D eigenvalue weighted by Gasteiger charge is 2.33. The Morgan fingerprint density at radius 3 is 2.18 bits per heavy atom. The van der Waals surface area contributed by atoms with Crippen LogP contribution in [0.4, 0.5) is 0 Å². The van der Waals surface area contributed by atoms with Crippen molar-refractivity contribution >= 4 is 11.9 Å². The van der Waals surface area contributed by atoms with Crippen LogP contribution in [0.5, 0.6) is 0 Å². The number of rotatable bonds is 2. The number of primary amides is 1. The molecule has 0 aliphatic carbocycles. The molecular formula is C6H9NO4. The van der Waals surface area contributed by atoms with Gasteiger partial charge in [-0.15, -0.1) is 0 Å². The molecule has 62 valence electrons. The Balaban J connectivity index is 2.47. The van der Waals surface area contributed by atoms with E-state index < -0.39 is 24.1 Å². The van der Waals surface area contributed by atoms with E-state index in [2.05, 4.69) is 0 Å². The van der Waals surface area contributed by atoms with Crippen LogP contribution in [0.3, 0.4) is 0 Å². The molecule has 0 unspecified atom stereocenters. The number of hydrogen-bond acceptors (Lipinski definition) is 3. The lowest BCUT2D eigenvalue weighted by Gasteiger charge is -2.05. The highest BCUT2D eigenvalue weighted by atomic mass is 16.5. The molecular weight excluding hydrogens is 150 g/mol. The molecule has 0 aromatic rings. The summed E-state index contributed by atoms with van der Waals surface area (Å²) in [4.78, 5) is 20.8. The van der Waals surface area contributed by atoms with Crippen molar-refractivity contribution in [1.29, 1.82) is 0 Å². The van der Waals surface area contributed by atoms with Crippen LogP contribution in [-0.2, 0) is 14.3 Å². The third-order valence-electron chi connectivity index (χ3n) is 1.61. The molecule has 1 fully saturated rings. The quantitative estimate of drug-likeness (QED) is 0.546. The summed E-state index contributed by atoms with van der Waals surface area (Å²) in [7, 11) is 0. The van der Waals surface area contributed by atoms with Crippen molar-refractivity contribution in [1.82, 2.24) is 0 Å². The normalized spacial score (nSPS) is 30.2. The van der Waals surface area contributed by atoms with Gasteiger partial charge in [0, 0.05) is 0 Å². The summed E-state index contributed by atoms with van der Waals surface area (Å²) in [5.41, 5.74) is 4.90. The average molecular weight is 159 g/mol. The maximum absolute atomic E-state index is 10.5. The Labute approximate surface area is 63.1 Å². The maximum Gasteiger partial charge on any atom is 0.332 e. The van der Waals surface area contributed by atoms with E-state index in [4.69, 9.17) is 15.6 Å². The number of carbonyl (C=O) groups excluding carboxylic acids is 1. The molecule has 1 amide bonds. The van der Waals surface area contributed by atoms with Crippen LogP contribution in [0, 0.1) is 0 Å². The van der Waals surface area contributed by atoms with Crippen molar-refractivity contribution in [3.05, 3.63) is 0 Å². The molecule has 0 aromatic carbocycles. The second-order valence-electron chi connectivity index (χ2n) is 2.43. The molecule has 11 heavy (non-hydrogen) atoms. The summed E-state index contributed by atoms with van der Waals surface area (Å²) in [6, 6.07) is 0. The molecule has 1 rings (SSSR count). The molecule has 0 radical (unpaired) electrons. The van der Waals surface area contributed by atoms with Crippen LogP contribution in [0.15, 0.2) is 0 Å². The topological polar surface area (TPSA) is 89.6 Å². The van der Waals surface area contributed by atoms with Crippen LogP contribution in [0.1, 0.15) is 12.8 Å². The fraction of sp³-hybridized carbons (Fsp3) is 0.667. The fourth-order valence-corrected chi connectivity index (χ4v) is 1.03. The lowest BCUT2D eigenvalue weighted by Crippen LogP contribution is -2.30. The average Bonchev–Trinajstić information content (AvgIpc) is 2.33. The number of carboxylic acid groups (broad SMARTS) is 1. The molecule has 1 aliphatic rings. The smallest absolute Gasteiger partial charge is 0.332 e. The first-order chi connectivity index (χ1) is 5.11. The highest BCUT2D eigenvalue weighted by molar-refractivity contribution is 5.81. The molecule has 3 N–H and O–H groups in total. The van der Waals surface area contributed by atoms with Crippen LogP contribution >= 0.6 is 0 Å². The molecule has 0 saturated carbocycles. The number of carboxylic acids is 1. The summed E-state index contributed by atoms with van der Waals surface area (Å²) in [5, 5.41) is 8.44. The first kappa shape index (κ1) is 8.00. The Kier molecular flexibility index (Phi) is 2.09. The Morgan fingerprint density at radius 1 is 1.36 bits per heavy atom. The van der Waals surface area contributed by atoms with Gasteiger partial charge in [-0.2, -0.15) is 0 Å². The molecule has 0 bridgehead atoms. The summed E-state index contributed by atoms with van der Waals surface area (Å²) in [6.45, 7) is 0. The van der Waals surface area contributed by atoms with Gasteiger partial charge in [0.2, 0.25) is 5.91 Å². The van der Waals surface area contributed by atoms with E-state index in [0.717, 1.165) is 0 Å². The minimum atomic E-state index is -1.03. The Morgan fingerprint density at radius 2 is 1.91 bits per heavy atom. The molecule has 1 aliphatic heterocycles. The molecule has 5 heteroatoms. The van der Waals surface area contributed by atoms with Crippen molar-refractivity contribution < 1.29 is 19.4 Å². The van der Waals surface area contributed by atoms with E-state index in [9.17, 15) is 9.59 Å². The van der Waals surface area contributed by atoms with E-state index in [0.29, 0.717) is 12.8 Å². The van der Waals surface area contributed by atoms with E-state index in [1.807, 2.05) is 0 Å². The zero-order valence-electron chi connectivity index (χ0n) is 5.82. The van der Waals surface area contributed by atoms with Gasteiger partial charge in [-0.05, 0) is 12.8 Å². The first-order valence-corrected chi connectivity index (χ1v) is 3.29. The van der Waals surface area contributed by atoms with Gasteiger partial charge in [0.05, 0.1) is 0 Å². The van der Waals surface area contributed by atoms with Gasteiger partial charge in [0.25, 0.3) is 0 Å². The van der Waals surface area contributed by atoms with Crippen LogP contribution in [0.2, 0.25) is 0 Å². The summed E-state index contributed by atoms with van der Waals surface area (Å²) in [6.07, 6.45) is -0.793. The van der Waals surface area contributed by atoms with Crippen molar-refractivity contribution in [2.24, 2.45) is 5.73 Å². The van der Waals surface area contributed by atoms with Gasteiger partial charge in [0.15, 0.2) is 6.10 Å². The second-order valence-corrected chi connectivity index (χ2v) is 2.43.